The van der Waals surface area contributed by atoms with E-state index in [-0.39, 0.29) is 18.1 Å². The van der Waals surface area contributed by atoms with Crippen LogP contribution in [0.4, 0.5) is 0 Å². The second-order valence-corrected chi connectivity index (χ2v) is 3.25. The molecule has 0 radical (unpaired) electrons. The van der Waals surface area contributed by atoms with E-state index in [4.69, 9.17) is 22.2 Å². The minimum Gasteiger partial charge on any atom is -0.504 e. The van der Waals surface area contributed by atoms with Gasteiger partial charge in [-0.05, 0) is 18.6 Å². The van der Waals surface area contributed by atoms with Crippen molar-refractivity contribution in [1.29, 1.82) is 0 Å². The van der Waals surface area contributed by atoms with Gasteiger partial charge in [0.2, 0.25) is 0 Å². The van der Waals surface area contributed by atoms with Crippen LogP contribution in [0.5, 0.6) is 11.5 Å². The van der Waals surface area contributed by atoms with Crippen molar-refractivity contribution in [2.45, 2.75) is 13.5 Å². The van der Waals surface area contributed by atoms with Gasteiger partial charge >= 0.3 is 0 Å². The van der Waals surface area contributed by atoms with Crippen LogP contribution in [-0.2, 0) is 11.4 Å². The van der Waals surface area contributed by atoms with Gasteiger partial charge in [-0.15, -0.1) is 0 Å². The van der Waals surface area contributed by atoms with Crippen LogP contribution in [0.3, 0.4) is 0 Å². The van der Waals surface area contributed by atoms with E-state index in [1.807, 2.05) is 0 Å². The highest BCUT2D eigenvalue weighted by molar-refractivity contribution is 6.32. The molecule has 0 saturated carbocycles. The van der Waals surface area contributed by atoms with Crippen LogP contribution in [0.15, 0.2) is 6.07 Å². The summed E-state index contributed by atoms with van der Waals surface area (Å²) in [5, 5.41) is 10.1. The Labute approximate surface area is 87.1 Å². The van der Waals surface area contributed by atoms with Gasteiger partial charge in [0, 0.05) is 5.56 Å². The zero-order valence-electron chi connectivity index (χ0n) is 8.00. The number of phenolic OH excluding ortho intramolecular Hbond substituents is 1. The standard InChI is InChI=1S/C9H12ClNO3/c1-5-3-7(10)9(13-2)8(12)6(5)4-14-11/h3,12H,4,11H2,1-2H3. The Morgan fingerprint density at radius 2 is 2.21 bits per heavy atom. The van der Waals surface area contributed by atoms with Crippen LogP contribution in [0.1, 0.15) is 11.1 Å². The zero-order valence-corrected chi connectivity index (χ0v) is 8.76. The first-order chi connectivity index (χ1) is 6.61. The maximum Gasteiger partial charge on any atom is 0.179 e. The number of nitrogens with two attached hydrogens (primary N) is 1. The molecule has 0 saturated heterocycles. The van der Waals surface area contributed by atoms with Crippen LogP contribution in [0.2, 0.25) is 5.02 Å². The average molecular weight is 218 g/mol. The van der Waals surface area contributed by atoms with Crippen LogP contribution < -0.4 is 10.6 Å². The second kappa shape index (κ2) is 4.50. The van der Waals surface area contributed by atoms with E-state index in [2.05, 4.69) is 4.84 Å². The van der Waals surface area contributed by atoms with Gasteiger partial charge in [-0.25, -0.2) is 5.90 Å². The number of hydrogen-bond acceptors (Lipinski definition) is 4. The summed E-state index contributed by atoms with van der Waals surface area (Å²) < 4.78 is 4.94. The predicted molar refractivity (Wildman–Crippen MR) is 53.4 cm³/mol. The normalized spacial score (nSPS) is 10.3. The number of ether oxygens (including phenoxy) is 1. The van der Waals surface area contributed by atoms with E-state index in [9.17, 15) is 5.11 Å². The molecule has 0 unspecified atom stereocenters. The minimum absolute atomic E-state index is 0.0250. The topological polar surface area (TPSA) is 64.7 Å². The van der Waals surface area contributed by atoms with Crippen molar-refractivity contribution in [2.75, 3.05) is 7.11 Å². The lowest BCUT2D eigenvalue weighted by molar-refractivity contribution is 0.121. The molecule has 0 spiro atoms. The van der Waals surface area contributed by atoms with Crippen molar-refractivity contribution < 1.29 is 14.7 Å². The number of aromatic hydroxyl groups is 1. The maximum atomic E-state index is 9.74. The Bertz CT molecular complexity index is 341. The fraction of sp³-hybridized carbons (Fsp3) is 0.333. The Morgan fingerprint density at radius 1 is 1.57 bits per heavy atom. The highest BCUT2D eigenvalue weighted by Gasteiger charge is 2.14. The maximum absolute atomic E-state index is 9.74. The van der Waals surface area contributed by atoms with E-state index in [0.717, 1.165) is 5.56 Å². The van der Waals surface area contributed by atoms with Gasteiger partial charge in [0.05, 0.1) is 18.7 Å². The van der Waals surface area contributed by atoms with E-state index < -0.39 is 0 Å². The van der Waals surface area contributed by atoms with Crippen LogP contribution in [0, 0.1) is 6.92 Å². The number of hydrogen-bond donors (Lipinski definition) is 2. The fourth-order valence-corrected chi connectivity index (χ4v) is 1.57. The molecule has 0 heterocycles. The van der Waals surface area contributed by atoms with Crippen molar-refractivity contribution in [3.05, 3.63) is 22.2 Å². The van der Waals surface area contributed by atoms with Crippen molar-refractivity contribution in [3.63, 3.8) is 0 Å². The lowest BCUT2D eigenvalue weighted by Crippen LogP contribution is -2.02. The summed E-state index contributed by atoms with van der Waals surface area (Å²) >= 11 is 5.85. The number of benzene rings is 1. The van der Waals surface area contributed by atoms with Gasteiger partial charge in [-0.1, -0.05) is 11.6 Å². The Kier molecular flexibility index (Phi) is 3.57. The molecule has 3 N–H and O–H groups in total. The number of rotatable bonds is 3. The molecule has 1 aromatic carbocycles. The summed E-state index contributed by atoms with van der Waals surface area (Å²) in [7, 11) is 1.43. The average Bonchev–Trinajstić information content (AvgIpc) is 2.12. The number of methoxy groups -OCH3 is 1. The highest BCUT2D eigenvalue weighted by Crippen LogP contribution is 2.39. The van der Waals surface area contributed by atoms with Crippen LogP contribution in [-0.4, -0.2) is 12.2 Å². The molecule has 0 aromatic heterocycles. The molecule has 1 aromatic rings. The number of phenols is 1. The van der Waals surface area contributed by atoms with E-state index in [1.54, 1.807) is 13.0 Å². The first-order valence-electron chi connectivity index (χ1n) is 3.98. The quantitative estimate of drug-likeness (QED) is 0.758. The summed E-state index contributed by atoms with van der Waals surface area (Å²) in [4.78, 5) is 4.47. The molecule has 0 aliphatic rings. The smallest absolute Gasteiger partial charge is 0.179 e. The summed E-state index contributed by atoms with van der Waals surface area (Å²) in [6, 6.07) is 1.69. The molecule has 0 fully saturated rings. The summed E-state index contributed by atoms with van der Waals surface area (Å²) in [5.74, 6) is 5.16. The molecule has 1 rings (SSSR count). The first-order valence-corrected chi connectivity index (χ1v) is 4.36. The van der Waals surface area contributed by atoms with Gasteiger partial charge in [-0.2, -0.15) is 0 Å². The SMILES string of the molecule is COc1c(Cl)cc(C)c(CON)c1O. The van der Waals surface area contributed by atoms with E-state index in [0.29, 0.717) is 10.6 Å². The third-order valence-corrected chi connectivity index (χ3v) is 2.25. The third kappa shape index (κ3) is 1.92. The summed E-state index contributed by atoms with van der Waals surface area (Å²) in [5.41, 5.74) is 1.38. The van der Waals surface area contributed by atoms with Crippen LogP contribution in [0.25, 0.3) is 0 Å². The van der Waals surface area contributed by atoms with Crippen molar-refractivity contribution >= 4 is 11.6 Å². The minimum atomic E-state index is -0.0250. The Morgan fingerprint density at radius 3 is 2.71 bits per heavy atom. The zero-order chi connectivity index (χ0) is 10.7. The van der Waals surface area contributed by atoms with Gasteiger partial charge in [0.25, 0.3) is 0 Å². The summed E-state index contributed by atoms with van der Waals surface area (Å²) in [6.07, 6.45) is 0. The second-order valence-electron chi connectivity index (χ2n) is 2.85. The first kappa shape index (κ1) is 11.1. The molecular formula is C9H12ClNO3. The molecule has 4 nitrogen and oxygen atoms in total. The molecule has 5 heteroatoms. The molecule has 0 aliphatic carbocycles. The molecule has 78 valence electrons. The Balaban J connectivity index is 3.28. The largest absolute Gasteiger partial charge is 0.504 e. The van der Waals surface area contributed by atoms with Crippen molar-refractivity contribution in [3.8, 4) is 11.5 Å². The number of halogens is 1. The monoisotopic (exact) mass is 217 g/mol. The molecular weight excluding hydrogens is 206 g/mol. The molecule has 14 heavy (non-hydrogen) atoms. The van der Waals surface area contributed by atoms with Crippen molar-refractivity contribution in [2.24, 2.45) is 5.90 Å². The van der Waals surface area contributed by atoms with Gasteiger partial charge < -0.3 is 9.84 Å². The molecule has 0 aliphatic heterocycles. The molecule has 0 bridgehead atoms. The van der Waals surface area contributed by atoms with Gasteiger partial charge in [0.1, 0.15) is 0 Å². The molecule has 0 atom stereocenters. The van der Waals surface area contributed by atoms with Crippen molar-refractivity contribution in [1.82, 2.24) is 0 Å². The Hall–Kier alpha value is -0.970. The lowest BCUT2D eigenvalue weighted by atomic mass is 10.1. The van der Waals surface area contributed by atoms with E-state index in [1.165, 1.54) is 7.11 Å². The van der Waals surface area contributed by atoms with Gasteiger partial charge in [-0.3, -0.25) is 4.84 Å². The third-order valence-electron chi connectivity index (χ3n) is 1.97. The number of aryl methyl sites for hydroxylation is 1. The summed E-state index contributed by atoms with van der Waals surface area (Å²) in [6.45, 7) is 1.92. The highest BCUT2D eigenvalue weighted by atomic mass is 35.5. The lowest BCUT2D eigenvalue weighted by Gasteiger charge is -2.12. The van der Waals surface area contributed by atoms with Crippen LogP contribution >= 0.6 is 11.6 Å². The van der Waals surface area contributed by atoms with E-state index >= 15 is 0 Å². The fourth-order valence-electron chi connectivity index (χ4n) is 1.24. The molecule has 0 amide bonds. The van der Waals surface area contributed by atoms with Gasteiger partial charge in [0.15, 0.2) is 11.5 Å². The predicted octanol–water partition coefficient (Wildman–Crippen LogP) is 1.75.